The summed E-state index contributed by atoms with van der Waals surface area (Å²) in [5, 5.41) is 9.75. The molecule has 0 aliphatic carbocycles. The van der Waals surface area contributed by atoms with Gasteiger partial charge in [-0.25, -0.2) is 0 Å². The Balaban J connectivity index is 1.33. The second-order valence-electron chi connectivity index (χ2n) is 11.9. The first kappa shape index (κ1) is 26.1. The van der Waals surface area contributed by atoms with Crippen molar-refractivity contribution in [3.8, 4) is 20.9 Å². The van der Waals surface area contributed by atoms with E-state index < -0.39 is 0 Å². The summed E-state index contributed by atoms with van der Waals surface area (Å²) in [5.41, 5.74) is 10.8. The van der Waals surface area contributed by atoms with Crippen LogP contribution in [0.5, 0.6) is 0 Å². The van der Waals surface area contributed by atoms with Gasteiger partial charge in [-0.15, -0.1) is 22.7 Å². The summed E-state index contributed by atoms with van der Waals surface area (Å²) < 4.78 is 0. The Hall–Kier alpha value is -4.38. The Morgan fingerprint density at radius 3 is 1.39 bits per heavy atom. The highest BCUT2D eigenvalue weighted by Crippen LogP contribution is 2.49. The fourth-order valence-corrected chi connectivity index (χ4v) is 9.11. The third-order valence-corrected chi connectivity index (χ3v) is 11.2. The lowest BCUT2D eigenvalue weighted by molar-refractivity contribution is 0.767. The Labute approximate surface area is 266 Å². The van der Waals surface area contributed by atoms with Gasteiger partial charge in [-0.1, -0.05) is 60.7 Å². The second kappa shape index (κ2) is 10.7. The van der Waals surface area contributed by atoms with Crippen molar-refractivity contribution in [1.29, 1.82) is 0 Å². The molecule has 2 aliphatic rings. The smallest absolute Gasteiger partial charge is 0.0443 e. The van der Waals surface area contributed by atoms with Crippen LogP contribution >= 0.6 is 22.7 Å². The van der Waals surface area contributed by atoms with Gasteiger partial charge in [-0.3, -0.25) is 0 Å². The van der Waals surface area contributed by atoms with E-state index in [1.54, 1.807) is 0 Å². The van der Waals surface area contributed by atoms with Crippen LogP contribution in [0.15, 0.2) is 120 Å². The Kier molecular flexibility index (Phi) is 6.31. The molecule has 5 aromatic carbocycles. The molecule has 2 aliphatic heterocycles. The van der Waals surface area contributed by atoms with Crippen molar-refractivity contribution in [2.75, 3.05) is 22.9 Å². The lowest BCUT2D eigenvalue weighted by Crippen LogP contribution is -2.24. The van der Waals surface area contributed by atoms with Gasteiger partial charge in [-0.2, -0.15) is 0 Å². The summed E-state index contributed by atoms with van der Waals surface area (Å²) in [6, 6.07) is 41.3. The molecule has 0 saturated heterocycles. The number of nitrogens with zero attached hydrogens (tertiary/aromatic N) is 2. The van der Waals surface area contributed by atoms with Crippen LogP contribution in [0.25, 0.3) is 42.4 Å². The van der Waals surface area contributed by atoms with E-state index in [9.17, 15) is 0 Å². The summed E-state index contributed by atoms with van der Waals surface area (Å²) in [4.78, 5) is 7.71. The molecule has 4 heteroatoms. The number of thiophene rings is 2. The van der Waals surface area contributed by atoms with E-state index in [0.717, 1.165) is 25.9 Å². The van der Waals surface area contributed by atoms with E-state index in [4.69, 9.17) is 0 Å². The molecule has 7 aromatic rings. The first-order valence-electron chi connectivity index (χ1n) is 15.7. The zero-order valence-electron chi connectivity index (χ0n) is 24.5. The highest BCUT2D eigenvalue weighted by atomic mass is 32.1. The molecule has 0 amide bonds. The van der Waals surface area contributed by atoms with Crippen molar-refractivity contribution in [3.05, 3.63) is 131 Å². The monoisotopic (exact) mass is 604 g/mol. The van der Waals surface area contributed by atoms with Crippen molar-refractivity contribution in [1.82, 2.24) is 0 Å². The zero-order valence-corrected chi connectivity index (χ0v) is 26.1. The average molecular weight is 605 g/mol. The molecule has 0 unspecified atom stereocenters. The molecular formula is C40H32N2S2. The third kappa shape index (κ3) is 4.20. The van der Waals surface area contributed by atoms with Crippen molar-refractivity contribution >= 4 is 67.0 Å². The van der Waals surface area contributed by atoms with E-state index in [-0.39, 0.29) is 0 Å². The molecule has 0 atom stereocenters. The van der Waals surface area contributed by atoms with E-state index in [0.29, 0.717) is 0 Å². The maximum absolute atomic E-state index is 2.53. The number of rotatable bonds is 4. The van der Waals surface area contributed by atoms with Gasteiger partial charge in [0.15, 0.2) is 0 Å². The van der Waals surface area contributed by atoms with Gasteiger partial charge >= 0.3 is 0 Å². The van der Waals surface area contributed by atoms with Crippen molar-refractivity contribution in [2.45, 2.75) is 25.7 Å². The maximum atomic E-state index is 2.53. The molecule has 0 bridgehead atoms. The van der Waals surface area contributed by atoms with E-state index in [2.05, 4.69) is 130 Å². The SMILES string of the molecule is c1csc(-c2c3ccc(N4CCCc5ccccc54)cc3c(-c3cccs3)c3ccc(N4CCCc5ccccc54)cc23)c1. The number of anilines is 4. The number of aryl methyl sites for hydroxylation is 2. The summed E-state index contributed by atoms with van der Waals surface area (Å²) >= 11 is 3.68. The van der Waals surface area contributed by atoms with Gasteiger partial charge in [0.25, 0.3) is 0 Å². The van der Waals surface area contributed by atoms with Crippen LogP contribution in [-0.4, -0.2) is 13.1 Å². The van der Waals surface area contributed by atoms with Crippen LogP contribution in [-0.2, 0) is 12.8 Å². The number of benzene rings is 5. The molecule has 0 spiro atoms. The number of hydrogen-bond donors (Lipinski definition) is 0. The molecule has 9 rings (SSSR count). The predicted molar refractivity (Wildman–Crippen MR) is 192 cm³/mol. The molecule has 214 valence electrons. The van der Waals surface area contributed by atoms with Crippen LogP contribution in [0.4, 0.5) is 22.7 Å². The van der Waals surface area contributed by atoms with Gasteiger partial charge in [-0.05, 0) is 118 Å². The van der Waals surface area contributed by atoms with E-state index in [1.807, 2.05) is 22.7 Å². The van der Waals surface area contributed by atoms with Gasteiger partial charge in [0.2, 0.25) is 0 Å². The van der Waals surface area contributed by atoms with Gasteiger partial charge in [0.1, 0.15) is 0 Å². The van der Waals surface area contributed by atoms with Crippen LogP contribution in [0, 0.1) is 0 Å². The number of para-hydroxylation sites is 2. The van der Waals surface area contributed by atoms with Crippen molar-refractivity contribution in [3.63, 3.8) is 0 Å². The molecule has 0 saturated carbocycles. The van der Waals surface area contributed by atoms with Crippen LogP contribution < -0.4 is 9.80 Å². The second-order valence-corrected chi connectivity index (χ2v) is 13.8. The lowest BCUT2D eigenvalue weighted by Gasteiger charge is -2.32. The molecule has 0 radical (unpaired) electrons. The first-order valence-corrected chi connectivity index (χ1v) is 17.4. The topological polar surface area (TPSA) is 6.48 Å². The highest BCUT2D eigenvalue weighted by Gasteiger charge is 2.24. The van der Waals surface area contributed by atoms with Crippen LogP contribution in [0.2, 0.25) is 0 Å². The quantitative estimate of drug-likeness (QED) is 0.184. The molecule has 2 aromatic heterocycles. The van der Waals surface area contributed by atoms with Crippen molar-refractivity contribution in [2.24, 2.45) is 0 Å². The minimum Gasteiger partial charge on any atom is -0.341 e. The van der Waals surface area contributed by atoms with Crippen molar-refractivity contribution < 1.29 is 0 Å². The van der Waals surface area contributed by atoms with Gasteiger partial charge in [0, 0.05) is 56.7 Å². The fraction of sp³-hybridized carbons (Fsp3) is 0.150. The normalized spacial score (nSPS) is 14.6. The van der Waals surface area contributed by atoms with Gasteiger partial charge in [0.05, 0.1) is 0 Å². The Bertz CT molecular complexity index is 1990. The van der Waals surface area contributed by atoms with E-state index >= 15 is 0 Å². The largest absolute Gasteiger partial charge is 0.341 e. The first-order chi connectivity index (χ1) is 21.8. The Morgan fingerprint density at radius 2 is 0.932 bits per heavy atom. The third-order valence-electron chi connectivity index (χ3n) is 9.46. The van der Waals surface area contributed by atoms with E-state index in [1.165, 1.54) is 89.1 Å². The lowest BCUT2D eigenvalue weighted by atomic mass is 9.89. The maximum Gasteiger partial charge on any atom is 0.0443 e. The van der Waals surface area contributed by atoms with Crippen LogP contribution in [0.3, 0.4) is 0 Å². The summed E-state index contributed by atoms with van der Waals surface area (Å²) in [5.74, 6) is 0. The Morgan fingerprint density at radius 1 is 0.455 bits per heavy atom. The summed E-state index contributed by atoms with van der Waals surface area (Å²) in [7, 11) is 0. The number of fused-ring (bicyclic) bond motifs is 4. The molecule has 2 nitrogen and oxygen atoms in total. The molecule has 44 heavy (non-hydrogen) atoms. The zero-order chi connectivity index (χ0) is 29.0. The molecule has 0 N–H and O–H groups in total. The fourth-order valence-electron chi connectivity index (χ4n) is 7.52. The molecular weight excluding hydrogens is 573 g/mol. The standard InChI is InChI=1S/C40H32N2S2/c1-3-13-35-27(9-1)11-5-21-41(35)29-17-19-31-33(25-29)39(37-15-7-23-43-37)32-20-18-30(26-34(32)40(31)38-16-8-24-44-38)42-22-6-12-28-10-2-4-14-36(28)42/h1-4,7-10,13-20,23-26H,5-6,11-12,21-22H2. The minimum absolute atomic E-state index is 1.04. The average Bonchev–Trinajstić information content (AvgIpc) is 3.82. The summed E-state index contributed by atoms with van der Waals surface area (Å²) in [6.07, 6.45) is 4.65. The molecule has 0 fully saturated rings. The highest BCUT2D eigenvalue weighted by molar-refractivity contribution is 7.14. The van der Waals surface area contributed by atoms with Gasteiger partial charge < -0.3 is 9.80 Å². The summed E-state index contributed by atoms with van der Waals surface area (Å²) in [6.45, 7) is 2.09. The van der Waals surface area contributed by atoms with Crippen LogP contribution in [0.1, 0.15) is 24.0 Å². The minimum atomic E-state index is 1.04. The predicted octanol–water partition coefficient (Wildman–Crippen LogP) is 11.6. The molecule has 4 heterocycles. The number of hydrogen-bond acceptors (Lipinski definition) is 4.